The fraction of sp³-hybridized carbons (Fsp3) is 0.429. The number of halogens is 1. The van der Waals surface area contributed by atoms with Crippen molar-refractivity contribution in [3.8, 4) is 9.85 Å². The van der Waals surface area contributed by atoms with Gasteiger partial charge in [0.2, 0.25) is 3.57 Å². The Kier molecular flexibility index (Phi) is 4.53. The van der Waals surface area contributed by atoms with E-state index in [1.165, 1.54) is 35.7 Å². The summed E-state index contributed by atoms with van der Waals surface area (Å²) in [5.41, 5.74) is 0. The first kappa shape index (κ1) is 11.0. The molecule has 0 unspecified atom stereocenters. The molecule has 2 rings (SSSR count). The number of hydrogen-bond donors (Lipinski definition) is 0. The highest BCUT2D eigenvalue weighted by molar-refractivity contribution is 5.02. The van der Waals surface area contributed by atoms with Crippen molar-refractivity contribution in [2.75, 3.05) is 0 Å². The average molecular weight is 311 g/mol. The lowest BCUT2D eigenvalue weighted by Gasteiger charge is -2.14. The standard InChI is InChI=1S/C14H16I/c1-3-7-13(8-4-1)11-12-15-14-9-5-2-6-10-14/h2,5-6,9-10,13H,1,3-4,7-8H2/q+1. The van der Waals surface area contributed by atoms with Crippen molar-refractivity contribution >= 4 is 0 Å². The van der Waals surface area contributed by atoms with Crippen LogP contribution in [0, 0.1) is 19.3 Å². The smallest absolute Gasteiger partial charge is 0.0619 e. The molecule has 0 nitrogen and oxygen atoms in total. The molecule has 0 bridgehead atoms. The fourth-order valence-corrected chi connectivity index (χ4v) is 3.57. The zero-order valence-corrected chi connectivity index (χ0v) is 11.0. The van der Waals surface area contributed by atoms with Gasteiger partial charge in [-0.05, 0) is 30.9 Å². The molecule has 0 radical (unpaired) electrons. The van der Waals surface area contributed by atoms with E-state index in [-0.39, 0.29) is 21.2 Å². The van der Waals surface area contributed by atoms with Crippen LogP contribution in [0.25, 0.3) is 0 Å². The Hall–Kier alpha value is -0.490. The van der Waals surface area contributed by atoms with E-state index in [4.69, 9.17) is 0 Å². The Labute approximate surface area is 103 Å². The molecular weight excluding hydrogens is 295 g/mol. The first-order chi connectivity index (χ1) is 7.45. The van der Waals surface area contributed by atoms with Crippen molar-refractivity contribution < 1.29 is 21.2 Å². The SMILES string of the molecule is C(#CC1CCCCC1)[I+]c1ccccc1. The van der Waals surface area contributed by atoms with E-state index in [2.05, 4.69) is 40.2 Å². The van der Waals surface area contributed by atoms with Crippen LogP contribution in [0.5, 0.6) is 0 Å². The molecule has 1 aromatic rings. The highest BCUT2D eigenvalue weighted by Crippen LogP contribution is 2.22. The maximum absolute atomic E-state index is 3.47. The van der Waals surface area contributed by atoms with Crippen LogP contribution in [0.1, 0.15) is 32.1 Å². The van der Waals surface area contributed by atoms with Gasteiger partial charge in [-0.3, -0.25) is 0 Å². The number of hydrogen-bond acceptors (Lipinski definition) is 0. The third-order valence-corrected chi connectivity index (χ3v) is 4.68. The van der Waals surface area contributed by atoms with Crippen LogP contribution in [0.4, 0.5) is 0 Å². The summed E-state index contributed by atoms with van der Waals surface area (Å²) in [7, 11) is 0. The highest BCUT2D eigenvalue weighted by Gasteiger charge is 2.12. The van der Waals surface area contributed by atoms with Crippen molar-refractivity contribution in [2.24, 2.45) is 5.92 Å². The lowest BCUT2D eigenvalue weighted by atomic mass is 9.90. The molecule has 1 aliphatic rings. The molecule has 0 heterocycles. The molecule has 1 saturated carbocycles. The molecule has 0 N–H and O–H groups in total. The lowest BCUT2D eigenvalue weighted by Crippen LogP contribution is -3.59. The van der Waals surface area contributed by atoms with E-state index < -0.39 is 0 Å². The summed E-state index contributed by atoms with van der Waals surface area (Å²) in [6.45, 7) is 0. The van der Waals surface area contributed by atoms with Crippen molar-refractivity contribution in [1.29, 1.82) is 0 Å². The third-order valence-electron chi connectivity index (χ3n) is 2.75. The van der Waals surface area contributed by atoms with Crippen LogP contribution in [0.2, 0.25) is 0 Å². The maximum atomic E-state index is 3.47. The van der Waals surface area contributed by atoms with Crippen LogP contribution >= 0.6 is 0 Å². The van der Waals surface area contributed by atoms with Gasteiger partial charge in [-0.25, -0.2) is 0 Å². The summed E-state index contributed by atoms with van der Waals surface area (Å²) in [6, 6.07) is 10.7. The number of rotatable bonds is 1. The van der Waals surface area contributed by atoms with Crippen LogP contribution in [-0.2, 0) is 0 Å². The van der Waals surface area contributed by atoms with Crippen molar-refractivity contribution in [2.45, 2.75) is 32.1 Å². The Balaban J connectivity index is 1.84. The minimum Gasteiger partial charge on any atom is -0.0619 e. The minimum absolute atomic E-state index is 0.0614. The summed E-state index contributed by atoms with van der Waals surface area (Å²) >= 11 is -0.0614. The molecule has 0 atom stereocenters. The van der Waals surface area contributed by atoms with Gasteiger partial charge in [-0.15, -0.1) is 0 Å². The van der Waals surface area contributed by atoms with E-state index in [1.54, 1.807) is 0 Å². The third kappa shape index (κ3) is 3.87. The van der Waals surface area contributed by atoms with Gasteiger partial charge in [0, 0.05) is 5.92 Å². The molecule has 1 aromatic carbocycles. The molecule has 1 aliphatic carbocycles. The van der Waals surface area contributed by atoms with E-state index in [9.17, 15) is 0 Å². The topological polar surface area (TPSA) is 0 Å². The Morgan fingerprint density at radius 1 is 1.00 bits per heavy atom. The molecule has 0 spiro atoms. The number of benzene rings is 1. The Morgan fingerprint density at radius 2 is 1.73 bits per heavy atom. The monoisotopic (exact) mass is 311 g/mol. The molecule has 0 saturated heterocycles. The highest BCUT2D eigenvalue weighted by atomic mass is 127. The van der Waals surface area contributed by atoms with Gasteiger partial charge >= 0.3 is 21.2 Å². The minimum atomic E-state index is -0.0614. The summed E-state index contributed by atoms with van der Waals surface area (Å²) in [5.74, 6) is 4.18. The van der Waals surface area contributed by atoms with Crippen LogP contribution in [-0.4, -0.2) is 0 Å². The largest absolute Gasteiger partial charge is 0.419 e. The van der Waals surface area contributed by atoms with Crippen molar-refractivity contribution in [1.82, 2.24) is 0 Å². The predicted molar refractivity (Wildman–Crippen MR) is 59.5 cm³/mol. The molecular formula is C14H16I+. The molecule has 1 heteroatoms. The zero-order chi connectivity index (χ0) is 10.3. The second kappa shape index (κ2) is 6.17. The average Bonchev–Trinajstić information content (AvgIpc) is 2.32. The van der Waals surface area contributed by atoms with Crippen LogP contribution < -0.4 is 21.2 Å². The van der Waals surface area contributed by atoms with Crippen LogP contribution in [0.3, 0.4) is 0 Å². The van der Waals surface area contributed by atoms with Crippen molar-refractivity contribution in [3.05, 3.63) is 33.9 Å². The normalized spacial score (nSPS) is 16.8. The zero-order valence-electron chi connectivity index (χ0n) is 8.88. The lowest BCUT2D eigenvalue weighted by molar-refractivity contribution is -0.535. The quantitative estimate of drug-likeness (QED) is 0.523. The van der Waals surface area contributed by atoms with E-state index in [0.29, 0.717) is 5.92 Å². The summed E-state index contributed by atoms with van der Waals surface area (Å²) in [5, 5.41) is 0. The molecule has 0 aliphatic heterocycles. The van der Waals surface area contributed by atoms with Gasteiger partial charge in [0.25, 0.3) is 0 Å². The van der Waals surface area contributed by atoms with E-state index in [0.717, 1.165) is 0 Å². The van der Waals surface area contributed by atoms with E-state index in [1.807, 2.05) is 0 Å². The van der Waals surface area contributed by atoms with Gasteiger partial charge < -0.3 is 0 Å². The van der Waals surface area contributed by atoms with Gasteiger partial charge in [-0.2, -0.15) is 0 Å². The van der Waals surface area contributed by atoms with Gasteiger partial charge in [-0.1, -0.05) is 37.5 Å². The second-order valence-electron chi connectivity index (χ2n) is 3.96. The van der Waals surface area contributed by atoms with Gasteiger partial charge in [0.1, 0.15) is 0 Å². The molecule has 0 aromatic heterocycles. The predicted octanol–water partition coefficient (Wildman–Crippen LogP) is 0.486. The summed E-state index contributed by atoms with van der Waals surface area (Å²) in [6.07, 6.45) is 6.88. The first-order valence-electron chi connectivity index (χ1n) is 5.64. The van der Waals surface area contributed by atoms with Crippen molar-refractivity contribution in [3.63, 3.8) is 0 Å². The summed E-state index contributed by atoms with van der Waals surface area (Å²) < 4.78 is 4.88. The fourth-order valence-electron chi connectivity index (χ4n) is 1.88. The van der Waals surface area contributed by atoms with E-state index >= 15 is 0 Å². The second-order valence-corrected chi connectivity index (χ2v) is 6.29. The van der Waals surface area contributed by atoms with Crippen LogP contribution in [0.15, 0.2) is 30.3 Å². The first-order valence-corrected chi connectivity index (χ1v) is 7.80. The summed E-state index contributed by atoms with van der Waals surface area (Å²) in [4.78, 5) is 0. The molecule has 0 amide bonds. The molecule has 15 heavy (non-hydrogen) atoms. The Bertz CT molecular complexity index is 339. The maximum Gasteiger partial charge on any atom is 0.419 e. The molecule has 78 valence electrons. The Morgan fingerprint density at radius 3 is 2.47 bits per heavy atom. The molecule has 1 fully saturated rings. The van der Waals surface area contributed by atoms with Gasteiger partial charge in [0.15, 0.2) is 3.93 Å². The van der Waals surface area contributed by atoms with Gasteiger partial charge in [0.05, 0.1) is 0 Å².